The molecule has 4 aromatic heterocycles. The van der Waals surface area contributed by atoms with E-state index in [0.29, 0.717) is 17.8 Å². The van der Waals surface area contributed by atoms with Crippen LogP contribution in [0, 0.1) is 0 Å². The SMILES string of the molecule is C[C@H](O)c1nc(C(F)F)c(C(=O)N2CCc3[nH]cnc3[C@@H]2c2cc3ccccn3n2)o1. The van der Waals surface area contributed by atoms with E-state index in [1.807, 2.05) is 24.3 Å². The minimum atomic E-state index is -3.03. The van der Waals surface area contributed by atoms with Crippen LogP contribution in [0.25, 0.3) is 5.52 Å². The maximum Gasteiger partial charge on any atom is 0.292 e. The molecule has 0 bridgehead atoms. The van der Waals surface area contributed by atoms with Crippen LogP contribution in [0.2, 0.25) is 0 Å². The Morgan fingerprint density at radius 1 is 1.39 bits per heavy atom. The van der Waals surface area contributed by atoms with Crippen LogP contribution in [-0.2, 0) is 6.42 Å². The van der Waals surface area contributed by atoms with Gasteiger partial charge in [-0.1, -0.05) is 6.07 Å². The summed E-state index contributed by atoms with van der Waals surface area (Å²) in [4.78, 5) is 25.9. The highest BCUT2D eigenvalue weighted by molar-refractivity contribution is 5.93. The number of nitrogens with zero attached hydrogens (tertiary/aromatic N) is 5. The van der Waals surface area contributed by atoms with Crippen molar-refractivity contribution in [1.82, 2.24) is 29.5 Å². The van der Waals surface area contributed by atoms with Crippen molar-refractivity contribution in [2.75, 3.05) is 6.54 Å². The van der Waals surface area contributed by atoms with Gasteiger partial charge in [-0.2, -0.15) is 5.10 Å². The first kappa shape index (κ1) is 19.4. The fourth-order valence-electron chi connectivity index (χ4n) is 3.85. The molecule has 4 aromatic rings. The zero-order valence-corrected chi connectivity index (χ0v) is 16.4. The maximum atomic E-state index is 13.6. The standard InChI is InChI=1S/C20H18F2N6O3/c1-10(29)19-25-15(18(21)22)17(31-19)20(30)27-7-5-12-14(24-9-23-12)16(27)13-8-11-4-2-3-6-28(11)26-13/h2-4,6,8-10,16,18,29H,5,7H2,1H3,(H,23,24)/t10-,16-/m0/s1. The smallest absolute Gasteiger partial charge is 0.292 e. The predicted octanol–water partition coefficient (Wildman–Crippen LogP) is 2.82. The Morgan fingerprint density at radius 3 is 2.97 bits per heavy atom. The van der Waals surface area contributed by atoms with Gasteiger partial charge in [0.05, 0.1) is 23.2 Å². The molecular formula is C20H18F2N6O3. The number of aliphatic hydroxyl groups is 1. The Labute approximate surface area is 174 Å². The number of rotatable bonds is 4. The number of aromatic amines is 1. The molecule has 2 atom stereocenters. The quantitative estimate of drug-likeness (QED) is 0.517. The van der Waals surface area contributed by atoms with E-state index in [4.69, 9.17) is 4.42 Å². The lowest BCUT2D eigenvalue weighted by molar-refractivity contribution is 0.0631. The Hall–Kier alpha value is -3.60. The summed E-state index contributed by atoms with van der Waals surface area (Å²) in [7, 11) is 0. The molecule has 31 heavy (non-hydrogen) atoms. The van der Waals surface area contributed by atoms with Crippen molar-refractivity contribution >= 4 is 11.4 Å². The zero-order valence-electron chi connectivity index (χ0n) is 16.4. The molecular weight excluding hydrogens is 410 g/mol. The van der Waals surface area contributed by atoms with Gasteiger partial charge in [-0.3, -0.25) is 4.79 Å². The second kappa shape index (κ2) is 7.27. The van der Waals surface area contributed by atoms with Gasteiger partial charge in [0.25, 0.3) is 12.3 Å². The number of halogens is 2. The van der Waals surface area contributed by atoms with E-state index < -0.39 is 35.9 Å². The number of amides is 1. The molecule has 9 nitrogen and oxygen atoms in total. The number of oxazole rings is 1. The monoisotopic (exact) mass is 428 g/mol. The van der Waals surface area contributed by atoms with E-state index in [0.717, 1.165) is 11.2 Å². The third-order valence-electron chi connectivity index (χ3n) is 5.28. The lowest BCUT2D eigenvalue weighted by Crippen LogP contribution is -2.41. The van der Waals surface area contributed by atoms with Crippen LogP contribution < -0.4 is 0 Å². The molecule has 0 spiro atoms. The average molecular weight is 428 g/mol. The Balaban J connectivity index is 1.61. The third-order valence-corrected chi connectivity index (χ3v) is 5.28. The number of hydrogen-bond acceptors (Lipinski definition) is 6. The fourth-order valence-corrected chi connectivity index (χ4v) is 3.85. The predicted molar refractivity (Wildman–Crippen MR) is 102 cm³/mol. The number of H-pyrrole nitrogens is 1. The summed E-state index contributed by atoms with van der Waals surface area (Å²) >= 11 is 0. The maximum absolute atomic E-state index is 13.6. The number of pyridine rings is 1. The van der Waals surface area contributed by atoms with E-state index in [1.165, 1.54) is 18.2 Å². The van der Waals surface area contributed by atoms with E-state index in [2.05, 4.69) is 20.1 Å². The van der Waals surface area contributed by atoms with Crippen molar-refractivity contribution in [3.8, 4) is 0 Å². The molecule has 0 fully saturated rings. The number of fused-ring (bicyclic) bond motifs is 2. The van der Waals surface area contributed by atoms with Crippen LogP contribution in [0.4, 0.5) is 8.78 Å². The molecule has 1 aliphatic rings. The molecule has 0 radical (unpaired) electrons. The number of imidazole rings is 1. The van der Waals surface area contributed by atoms with Crippen LogP contribution in [0.15, 0.2) is 41.2 Å². The van der Waals surface area contributed by atoms with Gasteiger partial charge < -0.3 is 19.4 Å². The molecule has 2 N–H and O–H groups in total. The molecule has 1 amide bonds. The number of nitrogens with one attached hydrogen (secondary N) is 1. The van der Waals surface area contributed by atoms with E-state index >= 15 is 0 Å². The van der Waals surface area contributed by atoms with Crippen LogP contribution in [0.1, 0.15) is 64.7 Å². The summed E-state index contributed by atoms with van der Waals surface area (Å²) < 4.78 is 34.1. The molecule has 160 valence electrons. The number of hydrogen-bond donors (Lipinski definition) is 2. The van der Waals surface area contributed by atoms with Gasteiger partial charge in [0.1, 0.15) is 12.1 Å². The first-order valence-corrected chi connectivity index (χ1v) is 9.68. The van der Waals surface area contributed by atoms with Crippen molar-refractivity contribution < 1.29 is 23.1 Å². The largest absolute Gasteiger partial charge is 0.432 e. The highest BCUT2D eigenvalue weighted by atomic mass is 19.3. The summed E-state index contributed by atoms with van der Waals surface area (Å²) in [6.07, 6.45) is -0.486. The number of alkyl halides is 2. The fraction of sp³-hybridized carbons (Fsp3) is 0.300. The van der Waals surface area contributed by atoms with Gasteiger partial charge in [-0.15, -0.1) is 0 Å². The minimum absolute atomic E-state index is 0.236. The van der Waals surface area contributed by atoms with Crippen molar-refractivity contribution in [3.63, 3.8) is 0 Å². The number of aromatic nitrogens is 5. The van der Waals surface area contributed by atoms with Gasteiger partial charge in [-0.05, 0) is 25.1 Å². The Bertz CT molecular complexity index is 1230. The van der Waals surface area contributed by atoms with Crippen molar-refractivity contribution in [1.29, 1.82) is 0 Å². The molecule has 11 heteroatoms. The molecule has 0 saturated carbocycles. The molecule has 5 heterocycles. The van der Waals surface area contributed by atoms with Gasteiger partial charge in [0.15, 0.2) is 5.69 Å². The third kappa shape index (κ3) is 3.17. The van der Waals surface area contributed by atoms with E-state index in [9.17, 15) is 18.7 Å². The first-order valence-electron chi connectivity index (χ1n) is 9.68. The highest BCUT2D eigenvalue weighted by Gasteiger charge is 2.39. The molecule has 0 saturated heterocycles. The molecule has 5 rings (SSSR count). The lowest BCUT2D eigenvalue weighted by atomic mass is 9.99. The summed E-state index contributed by atoms with van der Waals surface area (Å²) in [5, 5.41) is 14.3. The summed E-state index contributed by atoms with van der Waals surface area (Å²) in [6.45, 7) is 1.56. The van der Waals surface area contributed by atoms with Crippen molar-refractivity contribution in [3.05, 3.63) is 71.2 Å². The van der Waals surface area contributed by atoms with E-state index in [-0.39, 0.29) is 12.4 Å². The van der Waals surface area contributed by atoms with Crippen molar-refractivity contribution in [2.24, 2.45) is 0 Å². The zero-order chi connectivity index (χ0) is 21.7. The number of aliphatic hydroxyl groups excluding tert-OH is 1. The lowest BCUT2D eigenvalue weighted by Gasteiger charge is -2.33. The second-order valence-corrected chi connectivity index (χ2v) is 7.30. The molecule has 0 aromatic carbocycles. The van der Waals surface area contributed by atoms with Gasteiger partial charge in [0.2, 0.25) is 11.7 Å². The summed E-state index contributed by atoms with van der Waals surface area (Å²) in [5.41, 5.74) is 2.01. The van der Waals surface area contributed by atoms with Crippen LogP contribution in [-0.4, -0.2) is 47.0 Å². The molecule has 1 aliphatic heterocycles. The van der Waals surface area contributed by atoms with Gasteiger partial charge >= 0.3 is 0 Å². The number of carbonyl (C=O) groups excluding carboxylic acids is 1. The molecule has 0 unspecified atom stereocenters. The van der Waals surface area contributed by atoms with Gasteiger partial charge in [-0.25, -0.2) is 23.3 Å². The van der Waals surface area contributed by atoms with E-state index in [1.54, 1.807) is 10.7 Å². The van der Waals surface area contributed by atoms with Crippen molar-refractivity contribution in [2.45, 2.75) is 31.9 Å². The number of carbonyl (C=O) groups is 1. The first-order chi connectivity index (χ1) is 14.9. The van der Waals surface area contributed by atoms with Crippen LogP contribution >= 0.6 is 0 Å². The highest BCUT2D eigenvalue weighted by Crippen LogP contribution is 2.36. The minimum Gasteiger partial charge on any atom is -0.432 e. The van der Waals surface area contributed by atoms with Gasteiger partial charge in [0, 0.05) is 24.9 Å². The molecule has 0 aliphatic carbocycles. The van der Waals surface area contributed by atoms with Crippen LogP contribution in [0.5, 0.6) is 0 Å². The normalized spacial score (nSPS) is 17.3. The Morgan fingerprint density at radius 2 is 2.23 bits per heavy atom. The summed E-state index contributed by atoms with van der Waals surface area (Å²) in [5.74, 6) is -1.68. The summed E-state index contributed by atoms with van der Waals surface area (Å²) in [6, 6.07) is 6.69. The second-order valence-electron chi connectivity index (χ2n) is 7.30. The Kier molecular flexibility index (Phi) is 4.54. The average Bonchev–Trinajstić information content (AvgIpc) is 3.49. The van der Waals surface area contributed by atoms with Crippen LogP contribution in [0.3, 0.4) is 0 Å². The topological polar surface area (TPSA) is 113 Å².